The van der Waals surface area contributed by atoms with E-state index in [1.54, 1.807) is 12.2 Å². The summed E-state index contributed by atoms with van der Waals surface area (Å²) in [5.41, 5.74) is -0.693. The Bertz CT molecular complexity index is 649. The molecule has 0 aliphatic rings. The fraction of sp³-hybridized carbons (Fsp3) is 0.500. The second-order valence-corrected chi connectivity index (χ2v) is 6.65. The fourth-order valence-corrected chi connectivity index (χ4v) is 3.04. The highest BCUT2D eigenvalue weighted by Crippen LogP contribution is 2.32. The van der Waals surface area contributed by atoms with Crippen molar-refractivity contribution in [2.24, 2.45) is 5.41 Å². The van der Waals surface area contributed by atoms with Gasteiger partial charge < -0.3 is 14.2 Å². The zero-order chi connectivity index (χ0) is 21.0. The van der Waals surface area contributed by atoms with Crippen LogP contribution in [-0.4, -0.2) is 38.2 Å². The molecule has 0 bridgehead atoms. The number of ether oxygens (including phenoxy) is 3. The number of benzene rings is 1. The van der Waals surface area contributed by atoms with Crippen molar-refractivity contribution < 1.29 is 28.6 Å². The number of esters is 3. The normalized spacial score (nSPS) is 12.4. The first-order chi connectivity index (χ1) is 13.4. The first-order valence-electron chi connectivity index (χ1n) is 9.44. The van der Waals surface area contributed by atoms with Crippen LogP contribution in [0.4, 0.5) is 0 Å². The van der Waals surface area contributed by atoms with Crippen molar-refractivity contribution in [3.05, 3.63) is 48.0 Å². The smallest absolute Gasteiger partial charge is 0.323 e. The summed E-state index contributed by atoms with van der Waals surface area (Å²) >= 11 is 0. The van der Waals surface area contributed by atoms with Crippen LogP contribution >= 0.6 is 0 Å². The minimum atomic E-state index is -1.51. The summed E-state index contributed by atoms with van der Waals surface area (Å²) in [4.78, 5) is 36.6. The van der Waals surface area contributed by atoms with Crippen molar-refractivity contribution in [1.82, 2.24) is 0 Å². The summed E-state index contributed by atoms with van der Waals surface area (Å²) in [5.74, 6) is -1.70. The zero-order valence-electron chi connectivity index (χ0n) is 17.1. The van der Waals surface area contributed by atoms with Gasteiger partial charge in [0.25, 0.3) is 0 Å². The molecular formula is C22H30O6. The average Bonchev–Trinajstić information content (AvgIpc) is 2.70. The molecule has 0 aliphatic carbocycles. The van der Waals surface area contributed by atoms with Gasteiger partial charge in [-0.15, -0.1) is 0 Å². The third-order valence-corrected chi connectivity index (χ3v) is 4.48. The van der Waals surface area contributed by atoms with Gasteiger partial charge in [-0.3, -0.25) is 14.4 Å². The van der Waals surface area contributed by atoms with E-state index in [4.69, 9.17) is 14.2 Å². The highest BCUT2D eigenvalue weighted by Gasteiger charge is 2.47. The van der Waals surface area contributed by atoms with Crippen LogP contribution in [0, 0.1) is 5.41 Å². The van der Waals surface area contributed by atoms with E-state index in [2.05, 4.69) is 0 Å². The molecule has 0 heterocycles. The molecule has 0 fully saturated rings. The molecule has 154 valence electrons. The van der Waals surface area contributed by atoms with Gasteiger partial charge in [-0.2, -0.15) is 0 Å². The van der Waals surface area contributed by atoms with Crippen LogP contribution in [0.3, 0.4) is 0 Å². The van der Waals surface area contributed by atoms with E-state index in [1.165, 1.54) is 21.1 Å². The minimum absolute atomic E-state index is 0.0745. The van der Waals surface area contributed by atoms with Crippen molar-refractivity contribution in [2.45, 2.75) is 52.1 Å². The van der Waals surface area contributed by atoms with Gasteiger partial charge in [0.1, 0.15) is 6.10 Å². The Morgan fingerprint density at radius 1 is 1.07 bits per heavy atom. The van der Waals surface area contributed by atoms with Crippen molar-refractivity contribution in [2.75, 3.05) is 14.2 Å². The van der Waals surface area contributed by atoms with Crippen molar-refractivity contribution >= 4 is 17.9 Å². The van der Waals surface area contributed by atoms with E-state index in [0.29, 0.717) is 6.42 Å². The summed E-state index contributed by atoms with van der Waals surface area (Å²) in [6.07, 6.45) is 5.77. The van der Waals surface area contributed by atoms with E-state index < -0.39 is 23.5 Å². The molecule has 0 saturated heterocycles. The van der Waals surface area contributed by atoms with Gasteiger partial charge in [0, 0.05) is 6.92 Å². The third-order valence-electron chi connectivity index (χ3n) is 4.48. The summed E-state index contributed by atoms with van der Waals surface area (Å²) in [6, 6.07) is 9.22. The van der Waals surface area contributed by atoms with E-state index in [0.717, 1.165) is 18.4 Å². The van der Waals surface area contributed by atoms with Gasteiger partial charge >= 0.3 is 17.9 Å². The largest absolute Gasteiger partial charge is 0.468 e. The monoisotopic (exact) mass is 390 g/mol. The van der Waals surface area contributed by atoms with Crippen molar-refractivity contribution in [3.63, 3.8) is 0 Å². The Morgan fingerprint density at radius 2 is 1.68 bits per heavy atom. The Balaban J connectivity index is 3.13. The minimum Gasteiger partial charge on any atom is -0.468 e. The average molecular weight is 390 g/mol. The Morgan fingerprint density at radius 3 is 2.18 bits per heavy atom. The van der Waals surface area contributed by atoms with Gasteiger partial charge in [0.2, 0.25) is 0 Å². The van der Waals surface area contributed by atoms with Crippen LogP contribution in [0.5, 0.6) is 0 Å². The second kappa shape index (κ2) is 12.0. The first kappa shape index (κ1) is 23.4. The molecule has 0 spiro atoms. The summed E-state index contributed by atoms with van der Waals surface area (Å²) in [6.45, 7) is 3.41. The lowest BCUT2D eigenvalue weighted by molar-refractivity contribution is -0.169. The van der Waals surface area contributed by atoms with Gasteiger partial charge in [0.15, 0.2) is 5.41 Å². The molecule has 1 unspecified atom stereocenters. The molecule has 0 aromatic heterocycles. The molecule has 1 aromatic carbocycles. The number of carbonyl (C=O) groups excluding carboxylic acids is 3. The van der Waals surface area contributed by atoms with Crippen molar-refractivity contribution in [3.8, 4) is 0 Å². The van der Waals surface area contributed by atoms with Crippen LogP contribution in [0.15, 0.2) is 42.5 Å². The summed E-state index contributed by atoms with van der Waals surface area (Å²) < 4.78 is 15.2. The molecule has 0 radical (unpaired) electrons. The molecule has 1 rings (SSSR count). The third kappa shape index (κ3) is 6.83. The van der Waals surface area contributed by atoms with E-state index in [1.807, 2.05) is 37.3 Å². The Hall–Kier alpha value is -2.63. The van der Waals surface area contributed by atoms with E-state index in [9.17, 15) is 14.4 Å². The highest BCUT2D eigenvalue weighted by molar-refractivity contribution is 6.00. The second-order valence-electron chi connectivity index (χ2n) is 6.65. The molecule has 0 amide bonds. The van der Waals surface area contributed by atoms with Gasteiger partial charge in [-0.25, -0.2) is 0 Å². The maximum Gasteiger partial charge on any atom is 0.323 e. The summed E-state index contributed by atoms with van der Waals surface area (Å²) in [5, 5.41) is 0. The van der Waals surface area contributed by atoms with Gasteiger partial charge in [0.05, 0.1) is 14.2 Å². The molecule has 1 aromatic rings. The van der Waals surface area contributed by atoms with E-state index >= 15 is 0 Å². The fourth-order valence-electron chi connectivity index (χ4n) is 3.04. The number of methoxy groups -OCH3 is 2. The predicted molar refractivity (Wildman–Crippen MR) is 105 cm³/mol. The SMILES string of the molecule is CCCCC(/C=C/CC(Cc1ccccc1)(C(=O)OC)C(=O)OC)OC(C)=O. The van der Waals surface area contributed by atoms with Crippen LogP contribution < -0.4 is 0 Å². The number of allylic oxidation sites excluding steroid dienone is 1. The van der Waals surface area contributed by atoms with Crippen LogP contribution in [0.25, 0.3) is 0 Å². The molecule has 0 saturated carbocycles. The van der Waals surface area contributed by atoms with Gasteiger partial charge in [-0.1, -0.05) is 49.8 Å². The first-order valence-corrected chi connectivity index (χ1v) is 9.44. The Kier molecular flexibility index (Phi) is 9.99. The zero-order valence-corrected chi connectivity index (χ0v) is 17.1. The van der Waals surface area contributed by atoms with Crippen LogP contribution in [-0.2, 0) is 35.0 Å². The number of rotatable bonds is 11. The topological polar surface area (TPSA) is 78.9 Å². The quantitative estimate of drug-likeness (QED) is 0.248. The van der Waals surface area contributed by atoms with Crippen LogP contribution in [0.2, 0.25) is 0 Å². The molecule has 0 N–H and O–H groups in total. The molecular weight excluding hydrogens is 360 g/mol. The van der Waals surface area contributed by atoms with Gasteiger partial charge in [-0.05, 0) is 37.3 Å². The predicted octanol–water partition coefficient (Wildman–Crippen LogP) is 3.63. The number of unbranched alkanes of at least 4 members (excludes halogenated alkanes) is 1. The molecule has 6 heteroatoms. The maximum atomic E-state index is 12.6. The lowest BCUT2D eigenvalue weighted by Gasteiger charge is -2.27. The number of hydrogen-bond acceptors (Lipinski definition) is 6. The lowest BCUT2D eigenvalue weighted by Crippen LogP contribution is -2.43. The number of carbonyl (C=O) groups is 3. The summed E-state index contributed by atoms with van der Waals surface area (Å²) in [7, 11) is 2.50. The molecule has 6 nitrogen and oxygen atoms in total. The lowest BCUT2D eigenvalue weighted by atomic mass is 9.78. The Labute approximate surface area is 166 Å². The highest BCUT2D eigenvalue weighted by atomic mass is 16.5. The molecule has 1 atom stereocenters. The number of hydrogen-bond donors (Lipinski definition) is 0. The standard InChI is InChI=1S/C22H30O6/c1-5-6-13-19(28-17(2)23)14-10-15-22(20(24)26-3,21(25)27-4)16-18-11-8-7-9-12-18/h7-12,14,19H,5-6,13,15-16H2,1-4H3/b14-10+. The molecule has 0 aliphatic heterocycles. The van der Waals surface area contributed by atoms with Crippen molar-refractivity contribution in [1.29, 1.82) is 0 Å². The van der Waals surface area contributed by atoms with E-state index in [-0.39, 0.29) is 18.8 Å². The molecule has 28 heavy (non-hydrogen) atoms. The van der Waals surface area contributed by atoms with Crippen LogP contribution in [0.1, 0.15) is 45.1 Å². The maximum absolute atomic E-state index is 12.6.